The van der Waals surface area contributed by atoms with E-state index in [2.05, 4.69) is 15.3 Å². The third-order valence-electron chi connectivity index (χ3n) is 5.21. The van der Waals surface area contributed by atoms with Crippen molar-refractivity contribution in [2.75, 3.05) is 31.5 Å². The first-order valence-corrected chi connectivity index (χ1v) is 10.1. The number of para-hydroxylation sites is 1. The zero-order valence-corrected chi connectivity index (χ0v) is 17.3. The normalized spacial score (nSPS) is 13.5. The largest absolute Gasteiger partial charge is 0.351 e. The summed E-state index contributed by atoms with van der Waals surface area (Å²) in [5.41, 5.74) is 7.95. The maximum Gasteiger partial charge on any atom is 0.314 e. The second-order valence-corrected chi connectivity index (χ2v) is 7.30. The molecule has 9 nitrogen and oxygen atoms in total. The molecule has 0 atom stereocenters. The van der Waals surface area contributed by atoms with Gasteiger partial charge in [-0.25, -0.2) is 9.78 Å². The predicted molar refractivity (Wildman–Crippen MR) is 119 cm³/mol. The molecule has 2 heterocycles. The van der Waals surface area contributed by atoms with Crippen LogP contribution in [0.1, 0.15) is 20.8 Å². The Bertz CT molecular complexity index is 1130. The summed E-state index contributed by atoms with van der Waals surface area (Å²) in [6, 6.07) is 15.6. The molecule has 1 aliphatic rings. The fourth-order valence-electron chi connectivity index (χ4n) is 3.43. The molecular formula is C23H22N6O3. The summed E-state index contributed by atoms with van der Waals surface area (Å²) in [4.78, 5) is 48.2. The predicted octanol–water partition coefficient (Wildman–Crippen LogP) is 2.23. The third kappa shape index (κ3) is 4.72. The van der Waals surface area contributed by atoms with Crippen molar-refractivity contribution in [3.05, 3.63) is 78.2 Å². The average molecular weight is 430 g/mol. The van der Waals surface area contributed by atoms with Gasteiger partial charge in [0.1, 0.15) is 5.69 Å². The Morgan fingerprint density at radius 2 is 1.50 bits per heavy atom. The van der Waals surface area contributed by atoms with Crippen LogP contribution in [0.15, 0.2) is 67.0 Å². The highest BCUT2D eigenvalue weighted by Crippen LogP contribution is 2.19. The second kappa shape index (κ2) is 9.25. The van der Waals surface area contributed by atoms with Gasteiger partial charge in [-0.05, 0) is 24.3 Å². The summed E-state index contributed by atoms with van der Waals surface area (Å²) in [5, 5.41) is 2.78. The molecule has 1 aromatic heterocycles. The molecule has 0 aliphatic carbocycles. The third-order valence-corrected chi connectivity index (χ3v) is 5.21. The summed E-state index contributed by atoms with van der Waals surface area (Å²) >= 11 is 0. The van der Waals surface area contributed by atoms with Crippen LogP contribution in [0.2, 0.25) is 0 Å². The van der Waals surface area contributed by atoms with Gasteiger partial charge in [-0.15, -0.1) is 0 Å². The van der Waals surface area contributed by atoms with Crippen molar-refractivity contribution in [3.8, 4) is 11.3 Å². The number of nitrogens with two attached hydrogens (primary N) is 1. The van der Waals surface area contributed by atoms with Crippen LogP contribution in [-0.4, -0.2) is 63.8 Å². The fraction of sp³-hybridized carbons (Fsp3) is 0.174. The lowest BCUT2D eigenvalue weighted by atomic mass is 10.1. The zero-order valence-electron chi connectivity index (χ0n) is 17.3. The minimum atomic E-state index is -0.470. The van der Waals surface area contributed by atoms with Crippen LogP contribution in [0.3, 0.4) is 0 Å². The lowest BCUT2D eigenvalue weighted by Gasteiger charge is -2.33. The number of rotatable bonds is 4. The molecule has 0 unspecified atom stereocenters. The van der Waals surface area contributed by atoms with E-state index in [1.54, 1.807) is 47.5 Å². The topological polar surface area (TPSA) is 122 Å². The van der Waals surface area contributed by atoms with E-state index in [1.807, 2.05) is 18.2 Å². The van der Waals surface area contributed by atoms with E-state index in [0.29, 0.717) is 43.1 Å². The number of carbonyl (C=O) groups is 3. The molecule has 0 saturated carbocycles. The molecule has 0 radical (unpaired) electrons. The number of carbonyl (C=O) groups excluding carboxylic acids is 3. The van der Waals surface area contributed by atoms with Gasteiger partial charge in [0.25, 0.3) is 11.8 Å². The van der Waals surface area contributed by atoms with Crippen molar-refractivity contribution in [1.29, 1.82) is 0 Å². The minimum Gasteiger partial charge on any atom is -0.351 e. The van der Waals surface area contributed by atoms with Gasteiger partial charge in [-0.1, -0.05) is 30.3 Å². The molecule has 0 spiro atoms. The van der Waals surface area contributed by atoms with Gasteiger partial charge in [-0.2, -0.15) is 0 Å². The number of anilines is 1. The van der Waals surface area contributed by atoms with Gasteiger partial charge in [0, 0.05) is 43.0 Å². The molecule has 1 saturated heterocycles. The number of hydrogen-bond acceptors (Lipinski definition) is 5. The smallest absolute Gasteiger partial charge is 0.314 e. The Kier molecular flexibility index (Phi) is 6.07. The van der Waals surface area contributed by atoms with E-state index in [9.17, 15) is 14.4 Å². The van der Waals surface area contributed by atoms with Crippen LogP contribution >= 0.6 is 0 Å². The molecule has 2 aromatic carbocycles. The standard InChI is InChI=1S/C23H22N6O3/c24-23(32)29-12-10-28(11-13-29)22(31)17-8-6-16(7-9-17)19-14-25-15-20(27-19)21(30)26-18-4-2-1-3-5-18/h1-9,14-15H,10-13H2,(H2,24,32)(H,26,30). The van der Waals surface area contributed by atoms with Crippen LogP contribution in [0.5, 0.6) is 0 Å². The quantitative estimate of drug-likeness (QED) is 0.657. The van der Waals surface area contributed by atoms with Gasteiger partial charge >= 0.3 is 6.03 Å². The minimum absolute atomic E-state index is 0.109. The molecule has 162 valence electrons. The van der Waals surface area contributed by atoms with Crippen molar-refractivity contribution in [1.82, 2.24) is 19.8 Å². The monoisotopic (exact) mass is 430 g/mol. The number of urea groups is 1. The highest BCUT2D eigenvalue weighted by molar-refractivity contribution is 6.03. The molecule has 0 bridgehead atoms. The number of hydrogen-bond donors (Lipinski definition) is 2. The van der Waals surface area contributed by atoms with Crippen molar-refractivity contribution in [3.63, 3.8) is 0 Å². The maximum atomic E-state index is 12.8. The van der Waals surface area contributed by atoms with Gasteiger partial charge in [0.15, 0.2) is 0 Å². The average Bonchev–Trinajstić information content (AvgIpc) is 2.84. The Balaban J connectivity index is 1.44. The van der Waals surface area contributed by atoms with E-state index in [4.69, 9.17) is 5.73 Å². The van der Waals surface area contributed by atoms with Crippen LogP contribution in [0, 0.1) is 0 Å². The van der Waals surface area contributed by atoms with Gasteiger partial charge in [-0.3, -0.25) is 14.6 Å². The van der Waals surface area contributed by atoms with Crippen molar-refractivity contribution in [2.45, 2.75) is 0 Å². The van der Waals surface area contributed by atoms with E-state index < -0.39 is 6.03 Å². The number of nitrogens with one attached hydrogen (secondary N) is 1. The van der Waals surface area contributed by atoms with Crippen LogP contribution < -0.4 is 11.1 Å². The summed E-state index contributed by atoms with van der Waals surface area (Å²) in [6.45, 7) is 1.72. The molecule has 3 aromatic rings. The number of piperazine rings is 1. The van der Waals surface area contributed by atoms with Gasteiger partial charge in [0.05, 0.1) is 18.1 Å². The van der Waals surface area contributed by atoms with Crippen molar-refractivity contribution < 1.29 is 14.4 Å². The Morgan fingerprint density at radius 1 is 0.844 bits per heavy atom. The van der Waals surface area contributed by atoms with E-state index in [1.165, 1.54) is 11.1 Å². The number of primary amides is 1. The maximum absolute atomic E-state index is 12.8. The first-order valence-electron chi connectivity index (χ1n) is 10.1. The Morgan fingerprint density at radius 3 is 2.16 bits per heavy atom. The zero-order chi connectivity index (χ0) is 22.5. The number of nitrogens with zero attached hydrogens (tertiary/aromatic N) is 4. The van der Waals surface area contributed by atoms with Crippen LogP contribution in [-0.2, 0) is 0 Å². The molecule has 4 amide bonds. The lowest BCUT2D eigenvalue weighted by Crippen LogP contribution is -2.52. The summed E-state index contributed by atoms with van der Waals surface area (Å²) < 4.78 is 0. The molecule has 32 heavy (non-hydrogen) atoms. The summed E-state index contributed by atoms with van der Waals surface area (Å²) in [5.74, 6) is -0.463. The SMILES string of the molecule is NC(=O)N1CCN(C(=O)c2ccc(-c3cncc(C(=O)Nc4ccccc4)n3)cc2)CC1. The number of aromatic nitrogens is 2. The van der Waals surface area contributed by atoms with Crippen LogP contribution in [0.4, 0.5) is 10.5 Å². The molecular weight excluding hydrogens is 408 g/mol. The van der Waals surface area contributed by atoms with E-state index >= 15 is 0 Å². The number of amides is 4. The first kappa shape index (κ1) is 21.0. The molecule has 1 aliphatic heterocycles. The van der Waals surface area contributed by atoms with Crippen molar-refractivity contribution in [2.24, 2.45) is 5.73 Å². The molecule has 4 rings (SSSR count). The van der Waals surface area contributed by atoms with E-state index in [-0.39, 0.29) is 17.5 Å². The van der Waals surface area contributed by atoms with Gasteiger partial charge in [0.2, 0.25) is 0 Å². The summed E-state index contributed by atoms with van der Waals surface area (Å²) in [6.07, 6.45) is 2.98. The highest BCUT2D eigenvalue weighted by Gasteiger charge is 2.23. The number of benzene rings is 2. The van der Waals surface area contributed by atoms with Gasteiger partial charge < -0.3 is 20.9 Å². The summed E-state index contributed by atoms with van der Waals surface area (Å²) in [7, 11) is 0. The second-order valence-electron chi connectivity index (χ2n) is 7.30. The Labute approximate surface area is 184 Å². The lowest BCUT2D eigenvalue weighted by molar-refractivity contribution is 0.0669. The highest BCUT2D eigenvalue weighted by atomic mass is 16.2. The van der Waals surface area contributed by atoms with Crippen molar-refractivity contribution >= 4 is 23.5 Å². The Hall–Kier alpha value is -4.27. The fourth-order valence-corrected chi connectivity index (χ4v) is 3.43. The molecule has 9 heteroatoms. The first-order chi connectivity index (χ1) is 15.5. The molecule has 3 N–H and O–H groups in total. The van der Waals surface area contributed by atoms with Crippen LogP contribution in [0.25, 0.3) is 11.3 Å². The van der Waals surface area contributed by atoms with E-state index in [0.717, 1.165) is 5.56 Å². The molecule has 1 fully saturated rings.